The molecule has 1 atom stereocenters. The number of aliphatic imine (C=N–C) groups is 1. The molecule has 158 valence electrons. The molecule has 0 aliphatic carbocycles. The zero-order valence-electron chi connectivity index (χ0n) is 17.2. The number of aromatic nitrogens is 3. The van der Waals surface area contributed by atoms with Crippen molar-refractivity contribution in [3.8, 4) is 5.75 Å². The summed E-state index contributed by atoms with van der Waals surface area (Å²) in [4.78, 5) is 4.65. The first-order chi connectivity index (χ1) is 13.3. The summed E-state index contributed by atoms with van der Waals surface area (Å²) >= 11 is 0. The largest absolute Gasteiger partial charge is 0.487 e. The van der Waals surface area contributed by atoms with E-state index in [1.807, 2.05) is 32.4 Å². The van der Waals surface area contributed by atoms with Crippen LogP contribution in [0, 0.1) is 12.7 Å². The predicted molar refractivity (Wildman–Crippen MR) is 122 cm³/mol. The molecule has 1 unspecified atom stereocenters. The number of hydrogen-bond acceptors (Lipinski definition) is 4. The first-order valence-corrected chi connectivity index (χ1v) is 9.28. The second kappa shape index (κ2) is 9.55. The van der Waals surface area contributed by atoms with E-state index < -0.39 is 5.60 Å². The van der Waals surface area contributed by atoms with Gasteiger partial charge in [-0.1, -0.05) is 12.1 Å². The van der Waals surface area contributed by atoms with Crippen molar-refractivity contribution in [3.05, 3.63) is 53.9 Å². The summed E-state index contributed by atoms with van der Waals surface area (Å²) in [5.74, 6) is 2.47. The summed E-state index contributed by atoms with van der Waals surface area (Å²) in [6.07, 6.45) is 2.48. The Morgan fingerprint density at radius 1 is 1.45 bits per heavy atom. The van der Waals surface area contributed by atoms with Gasteiger partial charge in [-0.2, -0.15) is 0 Å². The van der Waals surface area contributed by atoms with Gasteiger partial charge >= 0.3 is 0 Å². The average molecular weight is 514 g/mol. The van der Waals surface area contributed by atoms with Gasteiger partial charge in [-0.3, -0.25) is 0 Å². The third-order valence-corrected chi connectivity index (χ3v) is 4.72. The molecule has 2 N–H and O–H groups in total. The maximum Gasteiger partial charge on any atom is 0.192 e. The third kappa shape index (κ3) is 5.68. The normalized spacial score (nSPS) is 17.6. The van der Waals surface area contributed by atoms with Gasteiger partial charge in [0, 0.05) is 31.6 Å². The number of halogens is 2. The Morgan fingerprint density at radius 2 is 2.21 bits per heavy atom. The van der Waals surface area contributed by atoms with Crippen molar-refractivity contribution in [1.29, 1.82) is 0 Å². The topological polar surface area (TPSA) is 76.4 Å². The Balaban J connectivity index is 0.00000300. The van der Waals surface area contributed by atoms with Gasteiger partial charge in [0.2, 0.25) is 0 Å². The molecule has 0 spiro atoms. The zero-order valence-corrected chi connectivity index (χ0v) is 19.5. The number of guanidine groups is 1. The number of nitrogens with one attached hydrogen (secondary N) is 2. The molecule has 1 aromatic carbocycles. The second-order valence-corrected chi connectivity index (χ2v) is 7.50. The van der Waals surface area contributed by atoms with Crippen molar-refractivity contribution in [2.75, 3.05) is 6.54 Å². The maximum atomic E-state index is 13.7. The van der Waals surface area contributed by atoms with Crippen LogP contribution in [0.4, 0.5) is 4.39 Å². The molecule has 2 aromatic rings. The van der Waals surface area contributed by atoms with Crippen LogP contribution in [0.3, 0.4) is 0 Å². The van der Waals surface area contributed by atoms with Crippen molar-refractivity contribution in [2.24, 2.45) is 12.0 Å². The van der Waals surface area contributed by atoms with Crippen LogP contribution in [0.15, 0.2) is 35.8 Å². The number of hydrogen-bond donors (Lipinski definition) is 2. The molecule has 29 heavy (non-hydrogen) atoms. The van der Waals surface area contributed by atoms with Gasteiger partial charge in [0.15, 0.2) is 11.8 Å². The quantitative estimate of drug-likeness (QED) is 0.277. The standard InChI is InChI=1S/C20H27FN6O.HI/c1-6-9-22-19(23-12-18-26-25-13(2)27(18)5)24-16-11-20(3,4)28-17-10-14(21)7-8-15(16)17;/h6-8,10,16H,1,9,11-12H2,2-5H3,(H2,22,23,24);1H. The van der Waals surface area contributed by atoms with Gasteiger partial charge in [-0.25, -0.2) is 9.38 Å². The molecule has 0 radical (unpaired) electrons. The third-order valence-electron chi connectivity index (χ3n) is 4.72. The smallest absolute Gasteiger partial charge is 0.192 e. The van der Waals surface area contributed by atoms with Gasteiger partial charge in [0.05, 0.1) is 6.04 Å². The molecule has 1 aliphatic rings. The van der Waals surface area contributed by atoms with Crippen LogP contribution in [0.1, 0.15) is 43.5 Å². The van der Waals surface area contributed by atoms with Gasteiger partial charge < -0.3 is 19.9 Å². The van der Waals surface area contributed by atoms with E-state index in [1.54, 1.807) is 12.1 Å². The molecule has 0 fully saturated rings. The lowest BCUT2D eigenvalue weighted by atomic mass is 9.90. The highest BCUT2D eigenvalue weighted by Gasteiger charge is 2.34. The molecular weight excluding hydrogens is 486 g/mol. The molecule has 0 amide bonds. The van der Waals surface area contributed by atoms with E-state index in [4.69, 9.17) is 4.74 Å². The van der Waals surface area contributed by atoms with Crippen molar-refractivity contribution in [3.63, 3.8) is 0 Å². The first-order valence-electron chi connectivity index (χ1n) is 9.28. The summed E-state index contributed by atoms with van der Waals surface area (Å²) < 4.78 is 21.6. The lowest BCUT2D eigenvalue weighted by molar-refractivity contribution is 0.0689. The molecular formula is C20H28FIN6O. The maximum absolute atomic E-state index is 13.7. The van der Waals surface area contributed by atoms with Gasteiger partial charge in [0.1, 0.15) is 29.5 Å². The number of rotatable bonds is 5. The Hall–Kier alpha value is -2.17. The Kier molecular flexibility index (Phi) is 7.61. The molecule has 0 saturated carbocycles. The molecule has 0 bridgehead atoms. The van der Waals surface area contributed by atoms with E-state index in [0.29, 0.717) is 31.2 Å². The fourth-order valence-electron chi connectivity index (χ4n) is 3.18. The number of fused-ring (bicyclic) bond motifs is 1. The van der Waals surface area contributed by atoms with Crippen LogP contribution >= 0.6 is 24.0 Å². The molecule has 9 heteroatoms. The van der Waals surface area contributed by atoms with Gasteiger partial charge in [-0.05, 0) is 26.8 Å². The molecule has 0 saturated heterocycles. The van der Waals surface area contributed by atoms with E-state index in [2.05, 4.69) is 32.4 Å². The summed E-state index contributed by atoms with van der Waals surface area (Å²) in [5, 5.41) is 14.9. The van der Waals surface area contributed by atoms with E-state index in [1.165, 1.54) is 12.1 Å². The Labute approximate surface area is 187 Å². The summed E-state index contributed by atoms with van der Waals surface area (Å²) in [7, 11) is 1.91. The first kappa shape index (κ1) is 23.1. The molecule has 1 aliphatic heterocycles. The average Bonchev–Trinajstić information content (AvgIpc) is 2.94. The highest BCUT2D eigenvalue weighted by molar-refractivity contribution is 14.0. The Bertz CT molecular complexity index is 895. The molecule has 2 heterocycles. The van der Waals surface area contributed by atoms with E-state index in [9.17, 15) is 4.39 Å². The SMILES string of the molecule is C=CCNC(=NCc1nnc(C)n1C)NC1CC(C)(C)Oc2cc(F)ccc21.I. The van der Waals surface area contributed by atoms with Crippen LogP contribution in [0.5, 0.6) is 5.75 Å². The van der Waals surface area contributed by atoms with Gasteiger partial charge in [0.25, 0.3) is 0 Å². The van der Waals surface area contributed by atoms with E-state index in [-0.39, 0.29) is 35.8 Å². The Morgan fingerprint density at radius 3 is 2.86 bits per heavy atom. The highest BCUT2D eigenvalue weighted by atomic mass is 127. The van der Waals surface area contributed by atoms with Crippen LogP contribution in [-0.4, -0.2) is 32.9 Å². The summed E-state index contributed by atoms with van der Waals surface area (Å²) in [6, 6.07) is 4.57. The fourth-order valence-corrected chi connectivity index (χ4v) is 3.18. The van der Waals surface area contributed by atoms with Crippen molar-refractivity contribution < 1.29 is 9.13 Å². The summed E-state index contributed by atoms with van der Waals surface area (Å²) in [6.45, 7) is 10.6. The zero-order chi connectivity index (χ0) is 20.3. The van der Waals surface area contributed by atoms with E-state index in [0.717, 1.165) is 17.2 Å². The minimum absolute atomic E-state index is 0. The number of benzene rings is 1. The molecule has 1 aromatic heterocycles. The predicted octanol–water partition coefficient (Wildman–Crippen LogP) is 3.40. The van der Waals surface area contributed by atoms with Crippen molar-refractivity contribution in [2.45, 2.75) is 45.4 Å². The van der Waals surface area contributed by atoms with Crippen LogP contribution < -0.4 is 15.4 Å². The summed E-state index contributed by atoms with van der Waals surface area (Å²) in [5.41, 5.74) is 0.478. The van der Waals surface area contributed by atoms with Crippen LogP contribution in [-0.2, 0) is 13.6 Å². The second-order valence-electron chi connectivity index (χ2n) is 7.50. The number of aryl methyl sites for hydroxylation is 1. The lowest BCUT2D eigenvalue weighted by Gasteiger charge is -2.38. The van der Waals surface area contributed by atoms with Crippen LogP contribution in [0.2, 0.25) is 0 Å². The van der Waals surface area contributed by atoms with Crippen molar-refractivity contribution >= 4 is 29.9 Å². The van der Waals surface area contributed by atoms with E-state index >= 15 is 0 Å². The van der Waals surface area contributed by atoms with Crippen LogP contribution in [0.25, 0.3) is 0 Å². The van der Waals surface area contributed by atoms with Gasteiger partial charge in [-0.15, -0.1) is 40.8 Å². The monoisotopic (exact) mass is 514 g/mol. The fraction of sp³-hybridized carbons (Fsp3) is 0.450. The number of ether oxygens (including phenoxy) is 1. The lowest BCUT2D eigenvalue weighted by Crippen LogP contribution is -2.45. The molecule has 7 nitrogen and oxygen atoms in total. The molecule has 3 rings (SSSR count). The minimum atomic E-state index is -0.428. The highest BCUT2D eigenvalue weighted by Crippen LogP contribution is 2.39. The van der Waals surface area contributed by atoms with Crippen molar-refractivity contribution in [1.82, 2.24) is 25.4 Å². The minimum Gasteiger partial charge on any atom is -0.487 e. The number of nitrogens with zero attached hydrogens (tertiary/aromatic N) is 4.